The second kappa shape index (κ2) is 5.37. The van der Waals surface area contributed by atoms with Crippen LogP contribution >= 0.6 is 15.9 Å². The lowest BCUT2D eigenvalue weighted by atomic mass is 10.2. The number of carbonyl (C=O) groups excluding carboxylic acids is 1. The third kappa shape index (κ3) is 3.60. The molecule has 5 heteroatoms. The molecule has 0 saturated carbocycles. The van der Waals surface area contributed by atoms with E-state index in [-0.39, 0.29) is 5.91 Å². The standard InChI is InChI=1S/C10H10BrN3O/c11-8-4-7(5-9(13)6-8)10(15)14-3-1-2-12/h4-6H,1,3,13H2,(H,14,15). The molecule has 15 heavy (non-hydrogen) atoms. The molecule has 0 atom stereocenters. The highest BCUT2D eigenvalue weighted by Gasteiger charge is 2.06. The molecule has 0 radical (unpaired) electrons. The number of nitrogen functional groups attached to an aromatic ring is 1. The van der Waals surface area contributed by atoms with Gasteiger partial charge in [-0.25, -0.2) is 0 Å². The Kier molecular flexibility index (Phi) is 4.13. The average molecular weight is 268 g/mol. The van der Waals surface area contributed by atoms with E-state index in [1.165, 1.54) is 0 Å². The average Bonchev–Trinajstić information content (AvgIpc) is 2.16. The van der Waals surface area contributed by atoms with Gasteiger partial charge in [0.05, 0.1) is 12.5 Å². The molecule has 0 unspecified atom stereocenters. The van der Waals surface area contributed by atoms with Crippen molar-refractivity contribution in [3.05, 3.63) is 28.2 Å². The monoisotopic (exact) mass is 267 g/mol. The van der Waals surface area contributed by atoms with Crippen molar-refractivity contribution in [2.24, 2.45) is 0 Å². The summed E-state index contributed by atoms with van der Waals surface area (Å²) in [6.07, 6.45) is 0.301. The van der Waals surface area contributed by atoms with E-state index in [4.69, 9.17) is 11.0 Å². The maximum absolute atomic E-state index is 11.5. The Bertz CT molecular complexity index is 391. The Morgan fingerprint density at radius 3 is 2.87 bits per heavy atom. The highest BCUT2D eigenvalue weighted by Crippen LogP contribution is 2.17. The van der Waals surface area contributed by atoms with Crippen LogP contribution in [0.15, 0.2) is 22.7 Å². The molecule has 0 bridgehead atoms. The van der Waals surface area contributed by atoms with Crippen molar-refractivity contribution in [3.8, 4) is 6.07 Å². The number of rotatable bonds is 3. The maximum atomic E-state index is 11.5. The third-order valence-corrected chi connectivity index (χ3v) is 2.16. The first-order valence-corrected chi connectivity index (χ1v) is 5.14. The van der Waals surface area contributed by atoms with Gasteiger partial charge in [0.25, 0.3) is 5.91 Å². The largest absolute Gasteiger partial charge is 0.399 e. The minimum Gasteiger partial charge on any atom is -0.399 e. The van der Waals surface area contributed by atoms with E-state index in [1.54, 1.807) is 18.2 Å². The van der Waals surface area contributed by atoms with Crippen LogP contribution in [-0.2, 0) is 0 Å². The van der Waals surface area contributed by atoms with Crippen LogP contribution in [0.25, 0.3) is 0 Å². The lowest BCUT2D eigenvalue weighted by Crippen LogP contribution is -2.24. The summed E-state index contributed by atoms with van der Waals surface area (Å²) in [5.41, 5.74) is 6.60. The molecule has 1 aromatic rings. The minimum absolute atomic E-state index is 0.224. The number of amides is 1. The van der Waals surface area contributed by atoms with Crippen LogP contribution in [0.1, 0.15) is 16.8 Å². The number of hydrogen-bond donors (Lipinski definition) is 2. The van der Waals surface area contributed by atoms with Crippen LogP contribution < -0.4 is 11.1 Å². The van der Waals surface area contributed by atoms with Gasteiger partial charge in [-0.2, -0.15) is 5.26 Å². The number of anilines is 1. The van der Waals surface area contributed by atoms with Gasteiger partial charge >= 0.3 is 0 Å². The van der Waals surface area contributed by atoms with Crippen LogP contribution in [0.3, 0.4) is 0 Å². The topological polar surface area (TPSA) is 78.9 Å². The zero-order valence-electron chi connectivity index (χ0n) is 7.96. The molecule has 0 aliphatic carbocycles. The van der Waals surface area contributed by atoms with Gasteiger partial charge in [0, 0.05) is 22.3 Å². The Hall–Kier alpha value is -1.54. The molecule has 0 aliphatic rings. The summed E-state index contributed by atoms with van der Waals surface area (Å²) in [7, 11) is 0. The Labute approximate surface area is 96.2 Å². The van der Waals surface area contributed by atoms with Crippen molar-refractivity contribution in [3.63, 3.8) is 0 Å². The molecular formula is C10H10BrN3O. The van der Waals surface area contributed by atoms with E-state index in [2.05, 4.69) is 21.2 Å². The maximum Gasteiger partial charge on any atom is 0.251 e. The minimum atomic E-state index is -0.224. The van der Waals surface area contributed by atoms with Crippen molar-refractivity contribution in [1.82, 2.24) is 5.32 Å². The zero-order chi connectivity index (χ0) is 11.3. The zero-order valence-corrected chi connectivity index (χ0v) is 9.54. The fraction of sp³-hybridized carbons (Fsp3) is 0.200. The second-order valence-corrected chi connectivity index (χ2v) is 3.85. The van der Waals surface area contributed by atoms with Crippen LogP contribution in [0.5, 0.6) is 0 Å². The smallest absolute Gasteiger partial charge is 0.251 e. The normalized spacial score (nSPS) is 9.33. The second-order valence-electron chi connectivity index (χ2n) is 2.94. The quantitative estimate of drug-likeness (QED) is 0.646. The van der Waals surface area contributed by atoms with E-state index < -0.39 is 0 Å². The fourth-order valence-electron chi connectivity index (χ4n) is 1.08. The van der Waals surface area contributed by atoms with Gasteiger partial charge in [-0.15, -0.1) is 0 Å². The van der Waals surface area contributed by atoms with Crippen molar-refractivity contribution >= 4 is 27.5 Å². The van der Waals surface area contributed by atoms with Gasteiger partial charge in [0.1, 0.15) is 0 Å². The number of benzene rings is 1. The number of nitrogens with one attached hydrogen (secondary N) is 1. The van der Waals surface area contributed by atoms with Gasteiger partial charge < -0.3 is 11.1 Å². The molecule has 0 heterocycles. The van der Waals surface area contributed by atoms with E-state index >= 15 is 0 Å². The van der Waals surface area contributed by atoms with Crippen molar-refractivity contribution < 1.29 is 4.79 Å². The van der Waals surface area contributed by atoms with Gasteiger partial charge in [-0.05, 0) is 18.2 Å². The molecule has 78 valence electrons. The summed E-state index contributed by atoms with van der Waals surface area (Å²) in [4.78, 5) is 11.5. The predicted molar refractivity (Wildman–Crippen MR) is 61.1 cm³/mol. The van der Waals surface area contributed by atoms with Gasteiger partial charge in [-0.3, -0.25) is 4.79 Å². The SMILES string of the molecule is N#CCCNC(=O)c1cc(N)cc(Br)c1. The Morgan fingerprint density at radius 2 is 2.27 bits per heavy atom. The highest BCUT2D eigenvalue weighted by molar-refractivity contribution is 9.10. The van der Waals surface area contributed by atoms with E-state index in [0.29, 0.717) is 24.2 Å². The Morgan fingerprint density at radius 1 is 1.53 bits per heavy atom. The lowest BCUT2D eigenvalue weighted by molar-refractivity contribution is 0.0954. The number of carbonyl (C=O) groups is 1. The summed E-state index contributed by atoms with van der Waals surface area (Å²) in [5, 5.41) is 10.9. The van der Waals surface area contributed by atoms with E-state index in [0.717, 1.165) is 4.47 Å². The van der Waals surface area contributed by atoms with Crippen molar-refractivity contribution in [1.29, 1.82) is 5.26 Å². The molecule has 1 amide bonds. The molecule has 4 nitrogen and oxygen atoms in total. The van der Waals surface area contributed by atoms with Crippen LogP contribution in [0, 0.1) is 11.3 Å². The first kappa shape index (κ1) is 11.5. The Balaban J connectivity index is 2.70. The fourth-order valence-corrected chi connectivity index (χ4v) is 1.59. The molecule has 1 rings (SSSR count). The van der Waals surface area contributed by atoms with Gasteiger partial charge in [-0.1, -0.05) is 15.9 Å². The van der Waals surface area contributed by atoms with Crippen LogP contribution in [0.2, 0.25) is 0 Å². The number of nitrogens with zero attached hydrogens (tertiary/aromatic N) is 1. The number of hydrogen-bond acceptors (Lipinski definition) is 3. The number of nitrogens with two attached hydrogens (primary N) is 1. The summed E-state index contributed by atoms with van der Waals surface area (Å²) in [5.74, 6) is -0.224. The molecule has 0 aromatic heterocycles. The molecule has 0 saturated heterocycles. The van der Waals surface area contributed by atoms with Gasteiger partial charge in [0.15, 0.2) is 0 Å². The van der Waals surface area contributed by atoms with E-state index in [1.807, 2.05) is 6.07 Å². The predicted octanol–water partition coefficient (Wildman–Crippen LogP) is 1.67. The molecular weight excluding hydrogens is 258 g/mol. The molecule has 3 N–H and O–H groups in total. The van der Waals surface area contributed by atoms with Crippen LogP contribution in [0.4, 0.5) is 5.69 Å². The first-order valence-electron chi connectivity index (χ1n) is 4.34. The van der Waals surface area contributed by atoms with Crippen molar-refractivity contribution in [2.75, 3.05) is 12.3 Å². The van der Waals surface area contributed by atoms with E-state index in [9.17, 15) is 4.79 Å². The van der Waals surface area contributed by atoms with Gasteiger partial charge in [0.2, 0.25) is 0 Å². The molecule has 0 spiro atoms. The lowest BCUT2D eigenvalue weighted by Gasteiger charge is -2.04. The van der Waals surface area contributed by atoms with Crippen LogP contribution in [-0.4, -0.2) is 12.5 Å². The molecule has 0 fully saturated rings. The summed E-state index contributed by atoms with van der Waals surface area (Å²) < 4.78 is 0.757. The number of nitriles is 1. The third-order valence-electron chi connectivity index (χ3n) is 1.70. The first-order chi connectivity index (χ1) is 7.13. The van der Waals surface area contributed by atoms with Crippen molar-refractivity contribution in [2.45, 2.75) is 6.42 Å². The summed E-state index contributed by atoms with van der Waals surface area (Å²) in [6, 6.07) is 6.93. The molecule has 1 aromatic carbocycles. The number of halogens is 1. The highest BCUT2D eigenvalue weighted by atomic mass is 79.9. The summed E-state index contributed by atoms with van der Waals surface area (Å²) in [6.45, 7) is 0.349. The molecule has 0 aliphatic heterocycles. The summed E-state index contributed by atoms with van der Waals surface area (Å²) >= 11 is 3.25.